The second-order valence-corrected chi connectivity index (χ2v) is 3.14. The molecular weight excluding hydrogens is 196 g/mol. The van der Waals surface area contributed by atoms with E-state index in [9.17, 15) is 0 Å². The van der Waals surface area contributed by atoms with Gasteiger partial charge in [0.25, 0.3) is 0 Å². The molecule has 0 saturated carbocycles. The number of nitrogens with two attached hydrogens (primary N) is 3. The predicted molar refractivity (Wildman–Crippen MR) is 55.1 cm³/mol. The maximum absolute atomic E-state index is 9.12. The SMILES string of the molecule is N=c1c2cn(O)ncc-2c(N)c(N)c1N. The van der Waals surface area contributed by atoms with E-state index in [-0.39, 0.29) is 22.4 Å². The van der Waals surface area contributed by atoms with Gasteiger partial charge in [-0.3, -0.25) is 5.41 Å². The Morgan fingerprint density at radius 2 is 1.80 bits per heavy atom. The molecule has 7 nitrogen and oxygen atoms in total. The molecule has 1 aliphatic heterocycles. The van der Waals surface area contributed by atoms with Gasteiger partial charge < -0.3 is 22.4 Å². The van der Waals surface area contributed by atoms with Gasteiger partial charge in [-0.1, -0.05) is 0 Å². The van der Waals surface area contributed by atoms with Crippen molar-refractivity contribution in [3.05, 3.63) is 17.8 Å². The second-order valence-electron chi connectivity index (χ2n) is 3.14. The first-order chi connectivity index (χ1) is 7.02. The van der Waals surface area contributed by atoms with Crippen LogP contribution in [0.2, 0.25) is 0 Å². The van der Waals surface area contributed by atoms with Crippen molar-refractivity contribution in [3.63, 3.8) is 0 Å². The highest BCUT2D eigenvalue weighted by atomic mass is 16.5. The number of rotatable bonds is 0. The average molecular weight is 206 g/mol. The fourth-order valence-electron chi connectivity index (χ4n) is 1.39. The summed E-state index contributed by atoms with van der Waals surface area (Å²) in [5.74, 6) is 0. The number of hydrogen-bond donors (Lipinski definition) is 5. The van der Waals surface area contributed by atoms with Gasteiger partial charge in [0.05, 0.1) is 34.8 Å². The van der Waals surface area contributed by atoms with E-state index in [1.807, 2.05) is 0 Å². The molecule has 0 saturated heterocycles. The van der Waals surface area contributed by atoms with E-state index in [0.29, 0.717) is 16.0 Å². The summed E-state index contributed by atoms with van der Waals surface area (Å²) in [4.78, 5) is 0.593. The zero-order chi connectivity index (χ0) is 11.2. The van der Waals surface area contributed by atoms with Crippen molar-refractivity contribution in [2.45, 2.75) is 0 Å². The highest BCUT2D eigenvalue weighted by Gasteiger charge is 2.15. The molecule has 7 heteroatoms. The lowest BCUT2D eigenvalue weighted by atomic mass is 10.0. The maximum atomic E-state index is 9.12. The molecule has 0 atom stereocenters. The number of hydrogen-bond acceptors (Lipinski definition) is 6. The number of nitrogens with zero attached hydrogens (tertiary/aromatic N) is 2. The summed E-state index contributed by atoms with van der Waals surface area (Å²) in [7, 11) is 0. The number of aromatic nitrogens is 2. The molecule has 0 spiro atoms. The van der Waals surface area contributed by atoms with Crippen LogP contribution in [0.4, 0.5) is 17.1 Å². The first-order valence-electron chi connectivity index (χ1n) is 4.11. The van der Waals surface area contributed by atoms with Crippen LogP contribution in [0.1, 0.15) is 0 Å². The van der Waals surface area contributed by atoms with Crippen LogP contribution in [-0.2, 0) is 0 Å². The summed E-state index contributed by atoms with van der Waals surface area (Å²) in [6.07, 6.45) is 2.59. The quantitative estimate of drug-likeness (QED) is 0.290. The molecule has 0 aromatic rings. The zero-order valence-corrected chi connectivity index (χ0v) is 7.73. The van der Waals surface area contributed by atoms with Crippen molar-refractivity contribution in [1.82, 2.24) is 9.94 Å². The maximum Gasteiger partial charge on any atom is 0.0887 e. The van der Waals surface area contributed by atoms with Crippen LogP contribution in [0.5, 0.6) is 0 Å². The number of nitrogen functional groups attached to an aromatic ring is 3. The molecule has 0 unspecified atom stereocenters. The van der Waals surface area contributed by atoms with Crippen molar-refractivity contribution in [2.75, 3.05) is 17.2 Å². The van der Waals surface area contributed by atoms with E-state index in [4.69, 9.17) is 27.8 Å². The Hall–Kier alpha value is -2.44. The van der Waals surface area contributed by atoms with Crippen LogP contribution in [-0.4, -0.2) is 15.2 Å². The van der Waals surface area contributed by atoms with Crippen molar-refractivity contribution in [1.29, 1.82) is 5.41 Å². The molecule has 0 radical (unpaired) electrons. The van der Waals surface area contributed by atoms with E-state index < -0.39 is 0 Å². The summed E-state index contributed by atoms with van der Waals surface area (Å²) < 4.78 is 0. The first-order valence-corrected chi connectivity index (χ1v) is 4.11. The minimum atomic E-state index is 0.0295. The van der Waals surface area contributed by atoms with E-state index in [1.54, 1.807) is 0 Å². The van der Waals surface area contributed by atoms with Crippen LogP contribution in [0.15, 0.2) is 12.4 Å². The molecule has 2 aliphatic rings. The number of benzene rings is 1. The molecule has 0 fully saturated rings. The normalized spacial score (nSPS) is 10.7. The van der Waals surface area contributed by atoms with Gasteiger partial charge in [-0.05, 0) is 0 Å². The zero-order valence-electron chi connectivity index (χ0n) is 7.73. The van der Waals surface area contributed by atoms with Gasteiger partial charge in [0.2, 0.25) is 0 Å². The Balaban J connectivity index is 3.01. The Bertz CT molecular complexity index is 560. The highest BCUT2D eigenvalue weighted by Crippen LogP contribution is 2.31. The van der Waals surface area contributed by atoms with E-state index in [0.717, 1.165) is 0 Å². The summed E-state index contributed by atoms with van der Waals surface area (Å²) in [5, 5.41) is 20.4. The average Bonchev–Trinajstić information content (AvgIpc) is 2.23. The lowest BCUT2D eigenvalue weighted by Crippen LogP contribution is -2.18. The van der Waals surface area contributed by atoms with Gasteiger partial charge >= 0.3 is 0 Å². The molecule has 8 N–H and O–H groups in total. The second kappa shape index (κ2) is 2.77. The van der Waals surface area contributed by atoms with Crippen molar-refractivity contribution < 1.29 is 5.21 Å². The van der Waals surface area contributed by atoms with Gasteiger partial charge in [-0.2, -0.15) is 0 Å². The molecule has 15 heavy (non-hydrogen) atoms. The molecule has 78 valence electrons. The molecule has 1 aliphatic carbocycles. The summed E-state index contributed by atoms with van der Waals surface area (Å²) in [5.41, 5.74) is 18.4. The molecular formula is C8H10N6O. The Kier molecular flexibility index (Phi) is 1.69. The standard InChI is InChI=1S/C8H10N6O/c9-5-3-1-13-14(15)2-4(3)6(10)8(12)7(5)11/h1-2,10,15H,9,11-12H2. The topological polar surface area (TPSA) is 140 Å². The van der Waals surface area contributed by atoms with Gasteiger partial charge in [-0.15, -0.1) is 9.94 Å². The molecule has 0 aromatic heterocycles. The van der Waals surface area contributed by atoms with Crippen LogP contribution in [0.25, 0.3) is 11.1 Å². The summed E-state index contributed by atoms with van der Waals surface area (Å²) in [6.45, 7) is 0. The largest absolute Gasteiger partial charge is 0.412 e. The Labute approximate surface area is 84.5 Å². The highest BCUT2D eigenvalue weighted by molar-refractivity contribution is 5.92. The lowest BCUT2D eigenvalue weighted by molar-refractivity contribution is 0.144. The van der Waals surface area contributed by atoms with Gasteiger partial charge in [-0.25, -0.2) is 0 Å². The van der Waals surface area contributed by atoms with Crippen LogP contribution in [0.3, 0.4) is 0 Å². The number of anilines is 3. The fraction of sp³-hybridized carbons (Fsp3) is 0. The lowest BCUT2D eigenvalue weighted by Gasteiger charge is -2.13. The molecule has 0 amide bonds. The molecule has 0 bridgehead atoms. The van der Waals surface area contributed by atoms with Crippen molar-refractivity contribution in [3.8, 4) is 11.1 Å². The van der Waals surface area contributed by atoms with Crippen LogP contribution >= 0.6 is 0 Å². The van der Waals surface area contributed by atoms with Crippen molar-refractivity contribution >= 4 is 17.1 Å². The smallest absolute Gasteiger partial charge is 0.0887 e. The molecule has 1 heterocycles. The third-order valence-corrected chi connectivity index (χ3v) is 2.25. The minimum Gasteiger partial charge on any atom is -0.412 e. The van der Waals surface area contributed by atoms with E-state index in [2.05, 4.69) is 5.10 Å². The predicted octanol–water partition coefficient (Wildman–Crippen LogP) is -0.549. The summed E-state index contributed by atoms with van der Waals surface area (Å²) >= 11 is 0. The fourth-order valence-corrected chi connectivity index (χ4v) is 1.39. The Morgan fingerprint density at radius 1 is 1.13 bits per heavy atom. The molecule has 2 rings (SSSR count). The third-order valence-electron chi connectivity index (χ3n) is 2.25. The summed E-state index contributed by atoms with van der Waals surface area (Å²) in [6, 6.07) is 0. The monoisotopic (exact) mass is 206 g/mol. The van der Waals surface area contributed by atoms with Crippen LogP contribution < -0.4 is 22.6 Å². The Morgan fingerprint density at radius 3 is 2.47 bits per heavy atom. The van der Waals surface area contributed by atoms with Gasteiger partial charge in [0.1, 0.15) is 0 Å². The van der Waals surface area contributed by atoms with E-state index in [1.165, 1.54) is 12.4 Å². The minimum absolute atomic E-state index is 0.0295. The van der Waals surface area contributed by atoms with E-state index >= 15 is 0 Å². The third kappa shape index (κ3) is 1.13. The number of nitrogens with one attached hydrogen (secondary N) is 1. The first kappa shape index (κ1) is 9.13. The van der Waals surface area contributed by atoms with Gasteiger partial charge in [0, 0.05) is 11.1 Å². The van der Waals surface area contributed by atoms with Crippen molar-refractivity contribution in [2.24, 2.45) is 0 Å². The molecule has 0 aromatic carbocycles. The number of fused-ring (bicyclic) bond motifs is 1. The van der Waals surface area contributed by atoms with Gasteiger partial charge in [0.15, 0.2) is 0 Å². The van der Waals surface area contributed by atoms with Crippen LogP contribution in [0, 0.1) is 5.41 Å².